The van der Waals surface area contributed by atoms with Crippen LogP contribution in [0.2, 0.25) is 0 Å². The van der Waals surface area contributed by atoms with Gasteiger partial charge in [-0.15, -0.1) is 22.7 Å². The molecule has 2 heterocycles. The van der Waals surface area contributed by atoms with Crippen LogP contribution in [0.1, 0.15) is 33.4 Å². The molecule has 0 spiro atoms. The Morgan fingerprint density at radius 3 is 2.82 bits per heavy atom. The molecule has 3 N–H and O–H groups in total. The largest absolute Gasteiger partial charge is 0.322 e. The highest BCUT2D eigenvalue weighted by Gasteiger charge is 2.05. The summed E-state index contributed by atoms with van der Waals surface area (Å²) in [6.45, 7) is 5.80. The number of nitrogens with one attached hydrogen (secondary N) is 1. The van der Waals surface area contributed by atoms with Crippen LogP contribution in [-0.2, 0) is 13.1 Å². The third kappa shape index (κ3) is 3.61. The van der Waals surface area contributed by atoms with Gasteiger partial charge in [-0.05, 0) is 26.0 Å². The number of thiazole rings is 1. The van der Waals surface area contributed by atoms with E-state index in [-0.39, 0.29) is 6.04 Å². The fourth-order valence-electron chi connectivity index (χ4n) is 1.51. The van der Waals surface area contributed by atoms with Gasteiger partial charge in [0.25, 0.3) is 0 Å². The second-order valence-corrected chi connectivity index (χ2v) is 6.34. The van der Waals surface area contributed by atoms with E-state index in [4.69, 9.17) is 5.73 Å². The summed E-state index contributed by atoms with van der Waals surface area (Å²) in [5, 5.41) is 6.48. The highest BCUT2D eigenvalue weighted by atomic mass is 32.1. The molecule has 1 unspecified atom stereocenters. The van der Waals surface area contributed by atoms with Crippen LogP contribution in [0.3, 0.4) is 0 Å². The quantitative estimate of drug-likeness (QED) is 0.876. The van der Waals surface area contributed by atoms with Gasteiger partial charge in [-0.25, -0.2) is 4.98 Å². The van der Waals surface area contributed by atoms with Crippen molar-refractivity contribution in [2.24, 2.45) is 5.73 Å². The van der Waals surface area contributed by atoms with E-state index < -0.39 is 0 Å². The Balaban J connectivity index is 1.81. The van der Waals surface area contributed by atoms with Crippen LogP contribution in [0.4, 0.5) is 0 Å². The minimum atomic E-state index is 0.0358. The van der Waals surface area contributed by atoms with Crippen molar-refractivity contribution in [1.82, 2.24) is 10.3 Å². The molecule has 92 valence electrons. The Kier molecular flexibility index (Phi) is 4.28. The van der Waals surface area contributed by atoms with Crippen molar-refractivity contribution >= 4 is 22.7 Å². The molecule has 2 aromatic rings. The minimum Gasteiger partial charge on any atom is -0.322 e. The maximum atomic E-state index is 5.78. The van der Waals surface area contributed by atoms with E-state index in [1.54, 1.807) is 11.3 Å². The second kappa shape index (κ2) is 5.73. The Bertz CT molecular complexity index is 474. The van der Waals surface area contributed by atoms with Crippen molar-refractivity contribution in [2.45, 2.75) is 33.0 Å². The number of rotatable bonds is 5. The number of hydrogen-bond acceptors (Lipinski definition) is 5. The van der Waals surface area contributed by atoms with Gasteiger partial charge in [-0.2, -0.15) is 0 Å². The summed E-state index contributed by atoms with van der Waals surface area (Å²) in [5.74, 6) is 0. The predicted octanol–water partition coefficient (Wildman–Crippen LogP) is 2.82. The molecule has 3 nitrogen and oxygen atoms in total. The topological polar surface area (TPSA) is 50.9 Å². The smallest absolute Gasteiger partial charge is 0.109 e. The molecule has 0 amide bonds. The lowest BCUT2D eigenvalue weighted by Crippen LogP contribution is -2.12. The SMILES string of the molecule is Cc1ccc(CNCc2csc(C(C)N)n2)s1. The van der Waals surface area contributed by atoms with E-state index in [9.17, 15) is 0 Å². The maximum absolute atomic E-state index is 5.78. The summed E-state index contributed by atoms with van der Waals surface area (Å²) in [6.07, 6.45) is 0. The van der Waals surface area contributed by atoms with Gasteiger partial charge in [-0.3, -0.25) is 0 Å². The molecule has 0 bridgehead atoms. The second-order valence-electron chi connectivity index (χ2n) is 4.08. The molecule has 0 aliphatic rings. The number of nitrogens with zero attached hydrogens (tertiary/aromatic N) is 1. The molecular weight excluding hydrogens is 250 g/mol. The zero-order valence-electron chi connectivity index (χ0n) is 10.1. The first-order valence-corrected chi connectivity index (χ1v) is 7.30. The van der Waals surface area contributed by atoms with Gasteiger partial charge in [0.15, 0.2) is 0 Å². The number of hydrogen-bond donors (Lipinski definition) is 2. The zero-order chi connectivity index (χ0) is 12.3. The van der Waals surface area contributed by atoms with E-state index in [1.807, 2.05) is 18.3 Å². The molecule has 17 heavy (non-hydrogen) atoms. The highest BCUT2D eigenvalue weighted by molar-refractivity contribution is 7.11. The fourth-order valence-corrected chi connectivity index (χ4v) is 3.14. The predicted molar refractivity (Wildman–Crippen MR) is 74.3 cm³/mol. The number of nitrogens with two attached hydrogens (primary N) is 1. The first-order chi connectivity index (χ1) is 8.15. The number of thiophene rings is 1. The van der Waals surface area contributed by atoms with E-state index >= 15 is 0 Å². The zero-order valence-corrected chi connectivity index (χ0v) is 11.7. The van der Waals surface area contributed by atoms with Gasteiger partial charge in [0.1, 0.15) is 5.01 Å². The lowest BCUT2D eigenvalue weighted by atomic mass is 10.4. The molecule has 0 saturated carbocycles. The summed E-state index contributed by atoms with van der Waals surface area (Å²) in [6, 6.07) is 4.36. The minimum absolute atomic E-state index is 0.0358. The molecule has 0 fully saturated rings. The number of aryl methyl sites for hydroxylation is 1. The van der Waals surface area contributed by atoms with Gasteiger partial charge in [-0.1, -0.05) is 0 Å². The van der Waals surface area contributed by atoms with E-state index in [2.05, 4.69) is 34.7 Å². The van der Waals surface area contributed by atoms with Crippen molar-refractivity contribution in [3.05, 3.63) is 38.0 Å². The van der Waals surface area contributed by atoms with Crippen molar-refractivity contribution in [3.8, 4) is 0 Å². The molecule has 0 aliphatic heterocycles. The molecular formula is C12H17N3S2. The average Bonchev–Trinajstić information content (AvgIpc) is 2.88. The summed E-state index contributed by atoms with van der Waals surface area (Å²) in [4.78, 5) is 7.20. The molecule has 2 rings (SSSR count). The number of aromatic nitrogens is 1. The molecule has 0 radical (unpaired) electrons. The Hall–Kier alpha value is -0.750. The van der Waals surface area contributed by atoms with Crippen LogP contribution in [0.15, 0.2) is 17.5 Å². The van der Waals surface area contributed by atoms with Crippen LogP contribution in [-0.4, -0.2) is 4.98 Å². The third-order valence-corrected chi connectivity index (χ3v) is 4.46. The summed E-state index contributed by atoms with van der Waals surface area (Å²) in [7, 11) is 0. The molecule has 0 aromatic carbocycles. The molecule has 2 aromatic heterocycles. The van der Waals surface area contributed by atoms with Crippen molar-refractivity contribution in [1.29, 1.82) is 0 Å². The lowest BCUT2D eigenvalue weighted by Gasteiger charge is -2.00. The third-order valence-electron chi connectivity index (χ3n) is 2.36. The molecule has 0 saturated heterocycles. The van der Waals surface area contributed by atoms with Crippen LogP contribution in [0, 0.1) is 6.92 Å². The van der Waals surface area contributed by atoms with E-state index in [1.165, 1.54) is 9.75 Å². The lowest BCUT2D eigenvalue weighted by molar-refractivity contribution is 0.683. The van der Waals surface area contributed by atoms with Crippen LogP contribution < -0.4 is 11.1 Å². The van der Waals surface area contributed by atoms with Gasteiger partial charge in [0, 0.05) is 28.2 Å². The van der Waals surface area contributed by atoms with E-state index in [0.717, 1.165) is 23.8 Å². The van der Waals surface area contributed by atoms with Crippen LogP contribution >= 0.6 is 22.7 Å². The first kappa shape index (κ1) is 12.7. The van der Waals surface area contributed by atoms with Crippen molar-refractivity contribution < 1.29 is 0 Å². The fraction of sp³-hybridized carbons (Fsp3) is 0.417. The van der Waals surface area contributed by atoms with Gasteiger partial charge >= 0.3 is 0 Å². The summed E-state index contributed by atoms with van der Waals surface area (Å²) < 4.78 is 0. The van der Waals surface area contributed by atoms with Crippen LogP contribution in [0.5, 0.6) is 0 Å². The Morgan fingerprint density at radius 2 is 2.24 bits per heavy atom. The standard InChI is InChI=1S/C12H17N3S2/c1-8-3-4-11(17-8)6-14-5-10-7-16-12(15-10)9(2)13/h3-4,7,9,14H,5-6,13H2,1-2H3. The average molecular weight is 267 g/mol. The van der Waals surface area contributed by atoms with Gasteiger partial charge in [0.05, 0.1) is 11.7 Å². The molecule has 1 atom stereocenters. The summed E-state index contributed by atoms with van der Waals surface area (Å²) >= 11 is 3.47. The van der Waals surface area contributed by atoms with Gasteiger partial charge < -0.3 is 11.1 Å². The van der Waals surface area contributed by atoms with Crippen molar-refractivity contribution in [2.75, 3.05) is 0 Å². The highest BCUT2D eigenvalue weighted by Crippen LogP contribution is 2.17. The van der Waals surface area contributed by atoms with Crippen molar-refractivity contribution in [3.63, 3.8) is 0 Å². The van der Waals surface area contributed by atoms with Crippen LogP contribution in [0.25, 0.3) is 0 Å². The summed E-state index contributed by atoms with van der Waals surface area (Å²) in [5.41, 5.74) is 6.86. The Labute approximate surface area is 110 Å². The normalized spacial score (nSPS) is 12.9. The first-order valence-electron chi connectivity index (χ1n) is 5.61. The molecule has 5 heteroatoms. The monoisotopic (exact) mass is 267 g/mol. The maximum Gasteiger partial charge on any atom is 0.109 e. The Morgan fingerprint density at radius 1 is 1.41 bits per heavy atom. The van der Waals surface area contributed by atoms with Gasteiger partial charge in [0.2, 0.25) is 0 Å². The van der Waals surface area contributed by atoms with E-state index in [0.29, 0.717) is 0 Å². The molecule has 0 aliphatic carbocycles.